The molecule has 6 nitrogen and oxygen atoms in total. The Kier molecular flexibility index (Phi) is 3.59. The van der Waals surface area contributed by atoms with Gasteiger partial charge in [0.2, 0.25) is 5.91 Å². The van der Waals surface area contributed by atoms with Crippen molar-refractivity contribution in [2.75, 3.05) is 6.54 Å². The molecule has 0 fully saturated rings. The largest absolute Gasteiger partial charge is 0.382 e. The zero-order chi connectivity index (χ0) is 13.1. The molecule has 0 aliphatic rings. The zero-order valence-electron chi connectivity index (χ0n) is 10.1. The van der Waals surface area contributed by atoms with Gasteiger partial charge in [0.15, 0.2) is 0 Å². The molecule has 0 saturated carbocycles. The van der Waals surface area contributed by atoms with Crippen molar-refractivity contribution in [1.82, 2.24) is 15.1 Å². The molecule has 1 aromatic carbocycles. The van der Waals surface area contributed by atoms with Gasteiger partial charge in [-0.25, -0.2) is 0 Å². The molecule has 0 aliphatic heterocycles. The number of nitrogens with one attached hydrogen (secondary N) is 1. The molecule has 1 unspecified atom stereocenters. The number of primary amides is 1. The van der Waals surface area contributed by atoms with Crippen LogP contribution in [-0.4, -0.2) is 33.4 Å². The summed E-state index contributed by atoms with van der Waals surface area (Å²) in [4.78, 5) is 10.7. The number of hydrogen-bond donors (Lipinski definition) is 3. The SMILES string of the molecule is Cn1nc(CNCC(O)C(N)=O)c2ccccc21. The van der Waals surface area contributed by atoms with E-state index in [9.17, 15) is 9.90 Å². The maximum atomic E-state index is 10.7. The van der Waals surface area contributed by atoms with E-state index in [0.29, 0.717) is 6.54 Å². The van der Waals surface area contributed by atoms with E-state index >= 15 is 0 Å². The number of fused-ring (bicyclic) bond motifs is 1. The maximum Gasteiger partial charge on any atom is 0.247 e. The molecule has 0 aliphatic carbocycles. The number of aliphatic hydroxyl groups is 1. The Bertz CT molecular complexity index is 564. The Morgan fingerprint density at radius 3 is 3.00 bits per heavy atom. The molecule has 1 heterocycles. The van der Waals surface area contributed by atoms with E-state index in [0.717, 1.165) is 16.6 Å². The van der Waals surface area contributed by atoms with Gasteiger partial charge in [-0.2, -0.15) is 5.10 Å². The van der Waals surface area contributed by atoms with Crippen LogP contribution in [0.25, 0.3) is 10.9 Å². The molecule has 2 rings (SSSR count). The van der Waals surface area contributed by atoms with E-state index < -0.39 is 12.0 Å². The molecule has 6 heteroatoms. The van der Waals surface area contributed by atoms with E-state index in [-0.39, 0.29) is 6.54 Å². The minimum atomic E-state index is -1.17. The zero-order valence-corrected chi connectivity index (χ0v) is 10.1. The van der Waals surface area contributed by atoms with Crippen molar-refractivity contribution in [2.45, 2.75) is 12.6 Å². The number of para-hydroxylation sites is 1. The number of aliphatic hydroxyl groups excluding tert-OH is 1. The number of rotatable bonds is 5. The number of benzene rings is 1. The highest BCUT2D eigenvalue weighted by Crippen LogP contribution is 2.16. The Hall–Kier alpha value is -1.92. The molecule has 1 atom stereocenters. The van der Waals surface area contributed by atoms with Crippen LogP contribution in [-0.2, 0) is 18.4 Å². The second kappa shape index (κ2) is 5.16. The van der Waals surface area contributed by atoms with Gasteiger partial charge < -0.3 is 16.2 Å². The molecule has 4 N–H and O–H groups in total. The third-order valence-electron chi connectivity index (χ3n) is 2.79. The Morgan fingerprint density at radius 1 is 1.56 bits per heavy atom. The highest BCUT2D eigenvalue weighted by molar-refractivity contribution is 5.81. The smallest absolute Gasteiger partial charge is 0.247 e. The van der Waals surface area contributed by atoms with Crippen LogP contribution in [0.5, 0.6) is 0 Å². The van der Waals surface area contributed by atoms with Crippen LogP contribution >= 0.6 is 0 Å². The predicted molar refractivity (Wildman–Crippen MR) is 67.6 cm³/mol. The van der Waals surface area contributed by atoms with Crippen LogP contribution in [0, 0.1) is 0 Å². The fourth-order valence-electron chi connectivity index (χ4n) is 1.85. The van der Waals surface area contributed by atoms with Gasteiger partial charge in [-0.3, -0.25) is 9.48 Å². The fraction of sp³-hybridized carbons (Fsp3) is 0.333. The minimum absolute atomic E-state index is 0.125. The summed E-state index contributed by atoms with van der Waals surface area (Å²) < 4.78 is 1.80. The molecule has 0 spiro atoms. The molecule has 1 amide bonds. The van der Waals surface area contributed by atoms with E-state index in [1.807, 2.05) is 31.3 Å². The first-order chi connectivity index (χ1) is 8.59. The van der Waals surface area contributed by atoms with Gasteiger partial charge in [-0.05, 0) is 6.07 Å². The van der Waals surface area contributed by atoms with Crippen molar-refractivity contribution in [2.24, 2.45) is 12.8 Å². The Morgan fingerprint density at radius 2 is 2.28 bits per heavy atom. The number of amides is 1. The molecule has 18 heavy (non-hydrogen) atoms. The van der Waals surface area contributed by atoms with Crippen molar-refractivity contribution in [3.05, 3.63) is 30.0 Å². The first-order valence-corrected chi connectivity index (χ1v) is 5.68. The first kappa shape index (κ1) is 12.5. The number of carbonyl (C=O) groups is 1. The van der Waals surface area contributed by atoms with Gasteiger partial charge in [0, 0.05) is 25.5 Å². The molecular weight excluding hydrogens is 232 g/mol. The Balaban J connectivity index is 2.06. The summed E-state index contributed by atoms with van der Waals surface area (Å²) >= 11 is 0. The van der Waals surface area contributed by atoms with Gasteiger partial charge in [0.05, 0.1) is 11.2 Å². The molecule has 1 aromatic heterocycles. The van der Waals surface area contributed by atoms with Crippen molar-refractivity contribution in [1.29, 1.82) is 0 Å². The summed E-state index contributed by atoms with van der Waals surface area (Å²) in [5.41, 5.74) is 6.89. The summed E-state index contributed by atoms with van der Waals surface area (Å²) in [6.07, 6.45) is -1.17. The quantitative estimate of drug-likeness (QED) is 0.665. The lowest BCUT2D eigenvalue weighted by Crippen LogP contribution is -2.37. The second-order valence-corrected chi connectivity index (χ2v) is 4.14. The number of nitrogens with zero attached hydrogens (tertiary/aromatic N) is 2. The van der Waals surface area contributed by atoms with Crippen molar-refractivity contribution < 1.29 is 9.90 Å². The number of nitrogens with two attached hydrogens (primary N) is 1. The van der Waals surface area contributed by atoms with Gasteiger partial charge in [-0.15, -0.1) is 0 Å². The van der Waals surface area contributed by atoms with Crippen molar-refractivity contribution >= 4 is 16.8 Å². The second-order valence-electron chi connectivity index (χ2n) is 4.14. The highest BCUT2D eigenvalue weighted by atomic mass is 16.3. The topological polar surface area (TPSA) is 93.2 Å². The third kappa shape index (κ3) is 2.49. The predicted octanol–water partition coefficient (Wildman–Crippen LogP) is -0.491. The van der Waals surface area contributed by atoms with E-state index in [1.54, 1.807) is 4.68 Å². The molecular formula is C12H16N4O2. The number of aromatic nitrogens is 2. The summed E-state index contributed by atoms with van der Waals surface area (Å²) in [6.45, 7) is 0.603. The minimum Gasteiger partial charge on any atom is -0.382 e. The van der Waals surface area contributed by atoms with Crippen LogP contribution in [0.3, 0.4) is 0 Å². The van der Waals surface area contributed by atoms with Crippen LogP contribution < -0.4 is 11.1 Å². The fourth-order valence-corrected chi connectivity index (χ4v) is 1.85. The maximum absolute atomic E-state index is 10.7. The monoisotopic (exact) mass is 248 g/mol. The number of hydrogen-bond acceptors (Lipinski definition) is 4. The molecule has 96 valence electrons. The average molecular weight is 248 g/mol. The highest BCUT2D eigenvalue weighted by Gasteiger charge is 2.11. The van der Waals surface area contributed by atoms with Gasteiger partial charge in [-0.1, -0.05) is 18.2 Å². The standard InChI is InChI=1S/C12H16N4O2/c1-16-10-5-3-2-4-8(10)9(15-16)6-14-7-11(17)12(13)18/h2-5,11,14,17H,6-7H2,1H3,(H2,13,18). The number of aryl methyl sites for hydroxylation is 1. The molecule has 0 saturated heterocycles. The Labute approximate surface area is 104 Å². The van der Waals surface area contributed by atoms with Gasteiger partial charge in [0.1, 0.15) is 6.10 Å². The van der Waals surface area contributed by atoms with Crippen molar-refractivity contribution in [3.8, 4) is 0 Å². The summed E-state index contributed by atoms with van der Waals surface area (Å²) in [5, 5.41) is 17.7. The van der Waals surface area contributed by atoms with Crippen LogP contribution in [0.4, 0.5) is 0 Å². The van der Waals surface area contributed by atoms with E-state index in [4.69, 9.17) is 5.73 Å². The van der Waals surface area contributed by atoms with Crippen LogP contribution in [0.15, 0.2) is 24.3 Å². The first-order valence-electron chi connectivity index (χ1n) is 5.68. The van der Waals surface area contributed by atoms with E-state index in [1.165, 1.54) is 0 Å². The number of carbonyl (C=O) groups excluding carboxylic acids is 1. The lowest BCUT2D eigenvalue weighted by atomic mass is 10.2. The lowest BCUT2D eigenvalue weighted by molar-refractivity contribution is -0.125. The van der Waals surface area contributed by atoms with Gasteiger partial charge in [0.25, 0.3) is 0 Å². The average Bonchev–Trinajstić information content (AvgIpc) is 2.67. The summed E-state index contributed by atoms with van der Waals surface area (Å²) in [7, 11) is 1.88. The lowest BCUT2D eigenvalue weighted by Gasteiger charge is -2.06. The van der Waals surface area contributed by atoms with Crippen LogP contribution in [0.1, 0.15) is 5.69 Å². The van der Waals surface area contributed by atoms with Crippen molar-refractivity contribution in [3.63, 3.8) is 0 Å². The van der Waals surface area contributed by atoms with E-state index in [2.05, 4.69) is 10.4 Å². The molecule has 0 radical (unpaired) electrons. The molecule has 0 bridgehead atoms. The molecule has 2 aromatic rings. The van der Waals surface area contributed by atoms with Gasteiger partial charge >= 0.3 is 0 Å². The normalized spacial score (nSPS) is 12.8. The third-order valence-corrected chi connectivity index (χ3v) is 2.79. The van der Waals surface area contributed by atoms with Crippen LogP contribution in [0.2, 0.25) is 0 Å². The summed E-state index contributed by atoms with van der Waals surface area (Å²) in [5.74, 6) is -0.728. The summed E-state index contributed by atoms with van der Waals surface area (Å²) in [6, 6.07) is 7.89.